The predicted molar refractivity (Wildman–Crippen MR) is 71.8 cm³/mol. The van der Waals surface area contributed by atoms with Crippen molar-refractivity contribution in [1.29, 1.82) is 0 Å². The minimum Gasteiger partial charge on any atom is -0.346 e. The van der Waals surface area contributed by atoms with Gasteiger partial charge in [-0.15, -0.1) is 0 Å². The van der Waals surface area contributed by atoms with E-state index in [0.29, 0.717) is 12.2 Å². The highest BCUT2D eigenvalue weighted by atomic mass is 16.1. The van der Waals surface area contributed by atoms with Gasteiger partial charge in [0.2, 0.25) is 0 Å². The van der Waals surface area contributed by atoms with Gasteiger partial charge in [-0.3, -0.25) is 14.2 Å². The van der Waals surface area contributed by atoms with Gasteiger partial charge in [-0.05, 0) is 26.8 Å². The number of nitrogens with one attached hydrogen (secondary N) is 1. The van der Waals surface area contributed by atoms with E-state index in [1.54, 1.807) is 10.7 Å². The first kappa shape index (κ1) is 13.3. The van der Waals surface area contributed by atoms with Crippen LogP contribution >= 0.6 is 0 Å². The second kappa shape index (κ2) is 5.26. The summed E-state index contributed by atoms with van der Waals surface area (Å²) in [5.41, 5.74) is 3.38. The van der Waals surface area contributed by atoms with Gasteiger partial charge in [-0.25, -0.2) is 0 Å². The maximum atomic E-state index is 12.0. The normalized spacial score (nSPS) is 10.7. The lowest BCUT2D eigenvalue weighted by atomic mass is 10.2. The summed E-state index contributed by atoms with van der Waals surface area (Å²) in [6.45, 7) is 7.19. The molecule has 0 aromatic carbocycles. The molecule has 19 heavy (non-hydrogen) atoms. The molecule has 0 bridgehead atoms. The molecule has 2 aromatic heterocycles. The second-order valence-corrected chi connectivity index (χ2v) is 4.57. The molecule has 2 aromatic rings. The van der Waals surface area contributed by atoms with Crippen LogP contribution in [0.4, 0.5) is 0 Å². The Morgan fingerprint density at radius 2 is 2.11 bits per heavy atom. The predicted octanol–water partition coefficient (Wildman–Crippen LogP) is 1.18. The van der Waals surface area contributed by atoms with E-state index >= 15 is 0 Å². The van der Waals surface area contributed by atoms with Crippen molar-refractivity contribution in [2.45, 2.75) is 33.9 Å². The number of aromatic nitrogens is 4. The third-order valence-corrected chi connectivity index (χ3v) is 3.16. The molecule has 0 aliphatic carbocycles. The Kier molecular flexibility index (Phi) is 3.69. The lowest BCUT2D eigenvalue weighted by molar-refractivity contribution is 0.0945. The molecule has 0 aliphatic heterocycles. The maximum absolute atomic E-state index is 12.0. The van der Waals surface area contributed by atoms with Crippen LogP contribution in [0, 0.1) is 13.8 Å². The van der Waals surface area contributed by atoms with Gasteiger partial charge in [-0.2, -0.15) is 10.2 Å². The Labute approximate surface area is 112 Å². The van der Waals surface area contributed by atoms with Crippen LogP contribution in [0.15, 0.2) is 12.3 Å². The summed E-state index contributed by atoms with van der Waals surface area (Å²) in [6, 6.07) is 1.78. The first-order chi connectivity index (χ1) is 9.01. The highest BCUT2D eigenvalue weighted by Gasteiger charge is 2.12. The Morgan fingerprint density at radius 1 is 1.37 bits per heavy atom. The molecule has 0 spiro atoms. The number of hydrogen-bond donors (Lipinski definition) is 1. The van der Waals surface area contributed by atoms with Crippen molar-refractivity contribution >= 4 is 5.91 Å². The zero-order valence-corrected chi connectivity index (χ0v) is 11.8. The summed E-state index contributed by atoms with van der Waals surface area (Å²) < 4.78 is 3.55. The molecule has 6 nitrogen and oxygen atoms in total. The van der Waals surface area contributed by atoms with Crippen molar-refractivity contribution in [3.05, 3.63) is 34.9 Å². The Morgan fingerprint density at radius 3 is 2.63 bits per heavy atom. The van der Waals surface area contributed by atoms with Crippen molar-refractivity contribution in [2.24, 2.45) is 7.05 Å². The number of amides is 1. The highest BCUT2D eigenvalue weighted by molar-refractivity contribution is 5.92. The van der Waals surface area contributed by atoms with Gasteiger partial charge in [0, 0.05) is 37.6 Å². The third-order valence-electron chi connectivity index (χ3n) is 3.16. The van der Waals surface area contributed by atoms with E-state index < -0.39 is 0 Å². The van der Waals surface area contributed by atoms with E-state index in [4.69, 9.17) is 0 Å². The van der Waals surface area contributed by atoms with Crippen molar-refractivity contribution in [3.63, 3.8) is 0 Å². The molecule has 0 radical (unpaired) electrons. The fourth-order valence-electron chi connectivity index (χ4n) is 1.83. The smallest absolute Gasteiger partial charge is 0.272 e. The summed E-state index contributed by atoms with van der Waals surface area (Å²) in [7, 11) is 1.82. The molecule has 0 fully saturated rings. The summed E-state index contributed by atoms with van der Waals surface area (Å²) >= 11 is 0. The van der Waals surface area contributed by atoms with E-state index in [1.807, 2.05) is 38.7 Å². The summed E-state index contributed by atoms with van der Waals surface area (Å²) in [5, 5.41) is 11.4. The number of rotatable bonds is 4. The van der Waals surface area contributed by atoms with Crippen molar-refractivity contribution < 1.29 is 4.79 Å². The zero-order valence-electron chi connectivity index (χ0n) is 11.8. The first-order valence-corrected chi connectivity index (χ1v) is 6.33. The average Bonchev–Trinajstić information content (AvgIpc) is 2.90. The molecule has 0 aliphatic rings. The fourth-order valence-corrected chi connectivity index (χ4v) is 1.83. The minimum atomic E-state index is -0.160. The molecule has 2 heterocycles. The van der Waals surface area contributed by atoms with Gasteiger partial charge < -0.3 is 5.32 Å². The lowest BCUT2D eigenvalue weighted by Crippen LogP contribution is -2.23. The quantitative estimate of drug-likeness (QED) is 0.899. The van der Waals surface area contributed by atoms with E-state index in [2.05, 4.69) is 15.5 Å². The molecule has 0 saturated carbocycles. The monoisotopic (exact) mass is 261 g/mol. The molecule has 6 heteroatoms. The van der Waals surface area contributed by atoms with E-state index in [1.165, 1.54) is 0 Å². The molecular formula is C13H19N5O. The average molecular weight is 261 g/mol. The van der Waals surface area contributed by atoms with Crippen LogP contribution in [0.1, 0.15) is 34.4 Å². The Hall–Kier alpha value is -2.11. The lowest BCUT2D eigenvalue weighted by Gasteiger charge is -2.01. The Bertz CT molecular complexity index is 577. The van der Waals surface area contributed by atoms with E-state index in [9.17, 15) is 4.79 Å². The van der Waals surface area contributed by atoms with Crippen LogP contribution in [0.2, 0.25) is 0 Å². The third kappa shape index (κ3) is 2.83. The van der Waals surface area contributed by atoms with Gasteiger partial charge in [0.1, 0.15) is 5.69 Å². The summed E-state index contributed by atoms with van der Waals surface area (Å²) in [4.78, 5) is 12.0. The molecule has 0 atom stereocenters. The van der Waals surface area contributed by atoms with E-state index in [-0.39, 0.29) is 5.91 Å². The van der Waals surface area contributed by atoms with Crippen LogP contribution in [0.3, 0.4) is 0 Å². The molecular weight excluding hydrogens is 242 g/mol. The van der Waals surface area contributed by atoms with Crippen LogP contribution in [-0.2, 0) is 20.1 Å². The molecule has 1 N–H and O–H groups in total. The topological polar surface area (TPSA) is 64.7 Å². The number of nitrogens with zero attached hydrogens (tertiary/aromatic N) is 4. The highest BCUT2D eigenvalue weighted by Crippen LogP contribution is 2.06. The summed E-state index contributed by atoms with van der Waals surface area (Å²) in [6.07, 6.45) is 1.96. The van der Waals surface area contributed by atoms with Crippen molar-refractivity contribution in [2.75, 3.05) is 0 Å². The number of hydrogen-bond acceptors (Lipinski definition) is 3. The number of aryl methyl sites for hydroxylation is 4. The molecule has 102 valence electrons. The largest absolute Gasteiger partial charge is 0.346 e. The van der Waals surface area contributed by atoms with Gasteiger partial charge in [-0.1, -0.05) is 0 Å². The molecule has 1 amide bonds. The van der Waals surface area contributed by atoms with Crippen LogP contribution in [-0.4, -0.2) is 25.5 Å². The molecule has 0 unspecified atom stereocenters. The van der Waals surface area contributed by atoms with Gasteiger partial charge in [0.15, 0.2) is 0 Å². The van der Waals surface area contributed by atoms with Crippen LogP contribution in [0.5, 0.6) is 0 Å². The van der Waals surface area contributed by atoms with E-state index in [0.717, 1.165) is 23.5 Å². The SMILES string of the molecule is CCn1cc(CNC(=O)c2cc(C)n(C)n2)c(C)n1. The van der Waals surface area contributed by atoms with Crippen LogP contribution in [0.25, 0.3) is 0 Å². The molecule has 0 saturated heterocycles. The molecule has 2 rings (SSSR count). The second-order valence-electron chi connectivity index (χ2n) is 4.57. The van der Waals surface area contributed by atoms with Crippen molar-refractivity contribution in [3.8, 4) is 0 Å². The summed E-state index contributed by atoms with van der Waals surface area (Å²) in [5.74, 6) is -0.160. The zero-order chi connectivity index (χ0) is 14.0. The Balaban J connectivity index is 2.02. The maximum Gasteiger partial charge on any atom is 0.272 e. The standard InChI is InChI=1S/C13H19N5O/c1-5-18-8-11(10(3)15-18)7-14-13(19)12-6-9(2)17(4)16-12/h6,8H,5,7H2,1-4H3,(H,14,19). The van der Waals surface area contributed by atoms with Gasteiger partial charge >= 0.3 is 0 Å². The van der Waals surface area contributed by atoms with Gasteiger partial charge in [0.25, 0.3) is 5.91 Å². The minimum absolute atomic E-state index is 0.160. The van der Waals surface area contributed by atoms with Crippen molar-refractivity contribution in [1.82, 2.24) is 24.9 Å². The first-order valence-electron chi connectivity index (χ1n) is 6.33. The number of carbonyl (C=O) groups is 1. The number of carbonyl (C=O) groups excluding carboxylic acids is 1. The van der Waals surface area contributed by atoms with Gasteiger partial charge in [0.05, 0.1) is 5.69 Å². The fraction of sp³-hybridized carbons (Fsp3) is 0.462. The van der Waals surface area contributed by atoms with Crippen LogP contribution < -0.4 is 5.32 Å².